The number of anilines is 1. The third kappa shape index (κ3) is 4.52. The third-order valence-corrected chi connectivity index (χ3v) is 4.95. The smallest absolute Gasteiger partial charge is 0.238 e. The molecule has 0 radical (unpaired) electrons. The van der Waals surface area contributed by atoms with Crippen LogP contribution in [0.5, 0.6) is 0 Å². The Morgan fingerprint density at radius 2 is 2.00 bits per heavy atom. The van der Waals surface area contributed by atoms with Gasteiger partial charge < -0.3 is 5.73 Å². The van der Waals surface area contributed by atoms with E-state index in [1.165, 1.54) is 0 Å². The van der Waals surface area contributed by atoms with Gasteiger partial charge in [0.2, 0.25) is 10.0 Å². The first-order valence-electron chi connectivity index (χ1n) is 6.30. The molecule has 0 aliphatic carbocycles. The molecule has 2 aromatic rings. The van der Waals surface area contributed by atoms with Crippen LogP contribution >= 0.6 is 15.9 Å². The summed E-state index contributed by atoms with van der Waals surface area (Å²) >= 11 is 3.33. The van der Waals surface area contributed by atoms with Gasteiger partial charge in [0.1, 0.15) is 5.82 Å². The lowest BCUT2D eigenvalue weighted by molar-refractivity contribution is 0.600. The van der Waals surface area contributed by atoms with Crippen molar-refractivity contribution < 1.29 is 8.42 Å². The van der Waals surface area contributed by atoms with E-state index in [9.17, 15) is 8.42 Å². The average molecular weight is 370 g/mol. The van der Waals surface area contributed by atoms with Crippen LogP contribution in [0.2, 0.25) is 0 Å². The fourth-order valence-electron chi connectivity index (χ4n) is 1.86. The number of pyridine rings is 1. The molecule has 112 valence electrons. The second-order valence-electron chi connectivity index (χ2n) is 4.70. The van der Waals surface area contributed by atoms with Crippen molar-refractivity contribution in [2.75, 3.05) is 4.72 Å². The number of aryl methyl sites for hydroxylation is 1. The number of rotatable bonds is 5. The maximum Gasteiger partial charge on any atom is 0.238 e. The molecule has 0 unspecified atom stereocenters. The van der Waals surface area contributed by atoms with Crippen LogP contribution in [0.3, 0.4) is 0 Å². The average Bonchev–Trinajstić information content (AvgIpc) is 2.42. The topological polar surface area (TPSA) is 85.1 Å². The maximum atomic E-state index is 12.2. The highest BCUT2D eigenvalue weighted by atomic mass is 79.9. The Morgan fingerprint density at radius 3 is 2.67 bits per heavy atom. The standard InChI is InChI=1S/C14H16BrN3O2S/c1-10-5-14(17-8-13(10)15)18-21(19,20)9-12-4-2-3-11(6-12)7-16/h2-6,8H,7,9,16H2,1H3,(H,17,18). The molecule has 3 N–H and O–H groups in total. The van der Waals surface area contributed by atoms with Crippen LogP contribution in [-0.2, 0) is 22.3 Å². The van der Waals surface area contributed by atoms with Gasteiger partial charge in [-0.25, -0.2) is 13.4 Å². The number of hydrogen-bond donors (Lipinski definition) is 2. The van der Waals surface area contributed by atoms with Crippen LogP contribution in [0, 0.1) is 6.92 Å². The second kappa shape index (κ2) is 6.55. The third-order valence-electron chi connectivity index (χ3n) is 2.89. The monoisotopic (exact) mass is 369 g/mol. The van der Waals surface area contributed by atoms with Crippen molar-refractivity contribution in [2.24, 2.45) is 5.73 Å². The van der Waals surface area contributed by atoms with Gasteiger partial charge >= 0.3 is 0 Å². The van der Waals surface area contributed by atoms with E-state index in [0.717, 1.165) is 15.6 Å². The Labute approximate surface area is 132 Å². The minimum atomic E-state index is -3.51. The first-order valence-corrected chi connectivity index (χ1v) is 8.74. The molecule has 1 aromatic heterocycles. The zero-order valence-corrected chi connectivity index (χ0v) is 13.9. The van der Waals surface area contributed by atoms with Gasteiger partial charge in [-0.2, -0.15) is 0 Å². The number of benzene rings is 1. The number of hydrogen-bond acceptors (Lipinski definition) is 4. The summed E-state index contributed by atoms with van der Waals surface area (Å²) in [5, 5.41) is 0. The number of nitrogens with one attached hydrogen (secondary N) is 1. The molecular formula is C14H16BrN3O2S. The molecule has 0 atom stereocenters. The molecule has 0 saturated heterocycles. The highest BCUT2D eigenvalue weighted by molar-refractivity contribution is 9.10. The molecule has 0 aliphatic rings. The summed E-state index contributed by atoms with van der Waals surface area (Å²) in [6.45, 7) is 2.25. The van der Waals surface area contributed by atoms with E-state index in [-0.39, 0.29) is 5.75 Å². The molecule has 21 heavy (non-hydrogen) atoms. The number of aromatic nitrogens is 1. The molecule has 0 spiro atoms. The van der Waals surface area contributed by atoms with E-state index in [0.29, 0.717) is 17.9 Å². The van der Waals surface area contributed by atoms with Crippen molar-refractivity contribution in [1.82, 2.24) is 4.98 Å². The summed E-state index contributed by atoms with van der Waals surface area (Å²) in [7, 11) is -3.51. The Hall–Kier alpha value is -1.44. The van der Waals surface area contributed by atoms with Gasteiger partial charge in [0, 0.05) is 17.2 Å². The first-order chi connectivity index (χ1) is 9.89. The predicted octanol–water partition coefficient (Wildman–Crippen LogP) is 2.55. The lowest BCUT2D eigenvalue weighted by atomic mass is 10.1. The Kier molecular flexibility index (Phi) is 4.97. The Morgan fingerprint density at radius 1 is 1.29 bits per heavy atom. The first kappa shape index (κ1) is 15.9. The van der Waals surface area contributed by atoms with Gasteiger partial charge in [0.05, 0.1) is 5.75 Å². The van der Waals surface area contributed by atoms with E-state index >= 15 is 0 Å². The van der Waals surface area contributed by atoms with Crippen molar-refractivity contribution >= 4 is 31.8 Å². The molecule has 0 amide bonds. The van der Waals surface area contributed by atoms with E-state index < -0.39 is 10.0 Å². The summed E-state index contributed by atoms with van der Waals surface area (Å²) in [6.07, 6.45) is 1.57. The van der Waals surface area contributed by atoms with Gasteiger partial charge in [-0.05, 0) is 45.6 Å². The number of nitrogens with zero attached hydrogens (tertiary/aromatic N) is 1. The molecule has 1 heterocycles. The van der Waals surface area contributed by atoms with Crippen molar-refractivity contribution in [2.45, 2.75) is 19.2 Å². The molecule has 0 saturated carbocycles. The Bertz CT molecular complexity index is 748. The van der Waals surface area contributed by atoms with Crippen LogP contribution in [0.15, 0.2) is 41.0 Å². The van der Waals surface area contributed by atoms with E-state index in [1.807, 2.05) is 13.0 Å². The van der Waals surface area contributed by atoms with Gasteiger partial charge in [0.25, 0.3) is 0 Å². The normalized spacial score (nSPS) is 11.4. The van der Waals surface area contributed by atoms with Crippen LogP contribution in [0.25, 0.3) is 0 Å². The molecule has 0 fully saturated rings. The highest BCUT2D eigenvalue weighted by Crippen LogP contribution is 2.19. The van der Waals surface area contributed by atoms with Crippen LogP contribution in [0.1, 0.15) is 16.7 Å². The van der Waals surface area contributed by atoms with Gasteiger partial charge in [-0.15, -0.1) is 0 Å². The van der Waals surface area contributed by atoms with E-state index in [2.05, 4.69) is 25.6 Å². The second-order valence-corrected chi connectivity index (χ2v) is 7.28. The number of halogens is 1. The lowest BCUT2D eigenvalue weighted by Crippen LogP contribution is -2.16. The molecule has 2 rings (SSSR count). The molecule has 0 bridgehead atoms. The largest absolute Gasteiger partial charge is 0.326 e. The minimum absolute atomic E-state index is 0.113. The van der Waals surface area contributed by atoms with Crippen molar-refractivity contribution in [3.05, 3.63) is 57.7 Å². The van der Waals surface area contributed by atoms with Gasteiger partial charge in [-0.3, -0.25) is 4.72 Å². The zero-order valence-electron chi connectivity index (χ0n) is 11.5. The van der Waals surface area contributed by atoms with Gasteiger partial charge in [-0.1, -0.05) is 24.3 Å². The van der Waals surface area contributed by atoms with Crippen molar-refractivity contribution in [1.29, 1.82) is 0 Å². The van der Waals surface area contributed by atoms with Crippen LogP contribution in [0.4, 0.5) is 5.82 Å². The minimum Gasteiger partial charge on any atom is -0.326 e. The summed E-state index contributed by atoms with van der Waals surface area (Å²) in [5.41, 5.74) is 8.06. The van der Waals surface area contributed by atoms with E-state index in [4.69, 9.17) is 5.73 Å². The summed E-state index contributed by atoms with van der Waals surface area (Å²) in [6, 6.07) is 8.90. The van der Waals surface area contributed by atoms with E-state index in [1.54, 1.807) is 30.5 Å². The molecule has 5 nitrogen and oxygen atoms in total. The summed E-state index contributed by atoms with van der Waals surface area (Å²) in [4.78, 5) is 4.04. The quantitative estimate of drug-likeness (QED) is 0.847. The zero-order chi connectivity index (χ0) is 15.5. The highest BCUT2D eigenvalue weighted by Gasteiger charge is 2.13. The summed E-state index contributed by atoms with van der Waals surface area (Å²) < 4.78 is 27.7. The number of sulfonamides is 1. The Balaban J connectivity index is 2.16. The lowest BCUT2D eigenvalue weighted by Gasteiger charge is -2.09. The van der Waals surface area contributed by atoms with Crippen LogP contribution < -0.4 is 10.5 Å². The van der Waals surface area contributed by atoms with Gasteiger partial charge in [0.15, 0.2) is 0 Å². The molecule has 0 aliphatic heterocycles. The fourth-order valence-corrected chi connectivity index (χ4v) is 3.19. The predicted molar refractivity (Wildman–Crippen MR) is 87.3 cm³/mol. The maximum absolute atomic E-state index is 12.2. The number of nitrogens with two attached hydrogens (primary N) is 1. The van der Waals surface area contributed by atoms with Crippen molar-refractivity contribution in [3.8, 4) is 0 Å². The van der Waals surface area contributed by atoms with Crippen molar-refractivity contribution in [3.63, 3.8) is 0 Å². The molecule has 7 heteroatoms. The molecule has 1 aromatic carbocycles. The fraction of sp³-hybridized carbons (Fsp3) is 0.214. The molecular weight excluding hydrogens is 354 g/mol. The SMILES string of the molecule is Cc1cc(NS(=O)(=O)Cc2cccc(CN)c2)ncc1Br. The van der Waals surface area contributed by atoms with Crippen LogP contribution in [-0.4, -0.2) is 13.4 Å². The summed E-state index contributed by atoms with van der Waals surface area (Å²) in [5.74, 6) is 0.197.